The largest absolute Gasteiger partial charge is 0.466 e. The van der Waals surface area contributed by atoms with Crippen molar-refractivity contribution in [3.05, 3.63) is 75.2 Å². The highest BCUT2D eigenvalue weighted by Crippen LogP contribution is 2.56. The van der Waals surface area contributed by atoms with Crippen molar-refractivity contribution < 1.29 is 19.1 Å². The van der Waals surface area contributed by atoms with Gasteiger partial charge in [-0.1, -0.05) is 15.9 Å². The minimum atomic E-state index is -1.69. The summed E-state index contributed by atoms with van der Waals surface area (Å²) in [6.07, 6.45) is 1.43. The van der Waals surface area contributed by atoms with Crippen LogP contribution in [-0.4, -0.2) is 38.9 Å². The number of amides is 1. The molecule has 0 saturated carbocycles. The molecule has 1 aliphatic carbocycles. The molecule has 1 atom stereocenters. The van der Waals surface area contributed by atoms with Crippen LogP contribution in [0.3, 0.4) is 0 Å². The van der Waals surface area contributed by atoms with Gasteiger partial charge in [0, 0.05) is 58.9 Å². The molecule has 1 amide bonds. The Morgan fingerprint density at radius 2 is 1.86 bits per heavy atom. The van der Waals surface area contributed by atoms with Gasteiger partial charge in [0.1, 0.15) is 16.8 Å². The molecular formula is C26H25BrN4O4. The molecule has 0 radical (unpaired) electrons. The zero-order chi connectivity index (χ0) is 25.1. The number of ketones is 1. The first-order valence-corrected chi connectivity index (χ1v) is 12.1. The second kappa shape index (κ2) is 8.27. The van der Waals surface area contributed by atoms with Gasteiger partial charge in [-0.2, -0.15) is 0 Å². The third kappa shape index (κ3) is 3.21. The van der Waals surface area contributed by atoms with Gasteiger partial charge in [-0.15, -0.1) is 0 Å². The van der Waals surface area contributed by atoms with Crippen LogP contribution in [0, 0.1) is 0 Å². The Morgan fingerprint density at radius 3 is 2.51 bits per heavy atom. The molecule has 1 spiro atoms. The number of benzene rings is 2. The highest BCUT2D eigenvalue weighted by atomic mass is 79.9. The molecule has 0 fully saturated rings. The molecular weight excluding hydrogens is 512 g/mol. The Labute approximate surface area is 211 Å². The summed E-state index contributed by atoms with van der Waals surface area (Å²) in [6.45, 7) is 0. The molecule has 0 saturated heterocycles. The molecule has 2 aromatic rings. The van der Waals surface area contributed by atoms with Crippen molar-refractivity contribution in [2.75, 3.05) is 36.3 Å². The predicted molar refractivity (Wildman–Crippen MR) is 137 cm³/mol. The molecule has 3 aliphatic rings. The fourth-order valence-electron chi connectivity index (χ4n) is 5.38. The maximum absolute atomic E-state index is 13.8. The van der Waals surface area contributed by atoms with Crippen LogP contribution in [0.25, 0.3) is 0 Å². The molecule has 0 bridgehead atoms. The zero-order valence-corrected chi connectivity index (χ0v) is 21.2. The number of hydrogen-bond donors (Lipinski definition) is 2. The van der Waals surface area contributed by atoms with E-state index in [2.05, 4.69) is 21.2 Å². The molecule has 35 heavy (non-hydrogen) atoms. The number of Topliss-reactive ketones (excluding diaryl/α,β-unsaturated/α-hetero) is 1. The lowest BCUT2D eigenvalue weighted by Crippen LogP contribution is -2.53. The smallest absolute Gasteiger partial charge is 0.339 e. The second-order valence-electron chi connectivity index (χ2n) is 8.99. The summed E-state index contributed by atoms with van der Waals surface area (Å²) in [5.74, 6) is -1.35. The molecule has 5 rings (SSSR count). The molecule has 2 aliphatic heterocycles. The first kappa shape index (κ1) is 23.2. The van der Waals surface area contributed by atoms with Gasteiger partial charge < -0.3 is 20.7 Å². The van der Waals surface area contributed by atoms with E-state index in [1.165, 1.54) is 7.11 Å². The van der Waals surface area contributed by atoms with Crippen molar-refractivity contribution in [2.24, 2.45) is 5.73 Å². The molecule has 0 aromatic heterocycles. The van der Waals surface area contributed by atoms with Crippen LogP contribution in [0.5, 0.6) is 0 Å². The third-order valence-electron chi connectivity index (χ3n) is 6.89. The fraction of sp³-hybridized carbons (Fsp3) is 0.269. The van der Waals surface area contributed by atoms with Crippen LogP contribution in [0.4, 0.5) is 17.1 Å². The number of esters is 1. The maximum atomic E-state index is 13.8. The molecule has 3 N–H and O–H groups in total. The van der Waals surface area contributed by atoms with Crippen molar-refractivity contribution in [3.8, 4) is 0 Å². The van der Waals surface area contributed by atoms with Crippen molar-refractivity contribution in [1.82, 2.24) is 0 Å². The van der Waals surface area contributed by atoms with Crippen molar-refractivity contribution in [1.29, 1.82) is 0 Å². The standard InChI is InChI=1S/C26H25BrN4O4/c1-30(2)15-8-10-16(11-9-15)31-19-5-4-6-20(32)21(19)26(22(23(31)28)24(33)35-3)17-13-14(27)7-12-18(17)29-25(26)34/h7-13H,4-6,28H2,1-3H3,(H,29,34). The molecule has 9 heteroatoms. The molecule has 2 aromatic carbocycles. The first-order chi connectivity index (χ1) is 16.7. The number of halogens is 1. The lowest BCUT2D eigenvalue weighted by atomic mass is 9.63. The quantitative estimate of drug-likeness (QED) is 0.577. The summed E-state index contributed by atoms with van der Waals surface area (Å²) in [7, 11) is 5.13. The van der Waals surface area contributed by atoms with Crippen molar-refractivity contribution in [2.45, 2.75) is 24.7 Å². The van der Waals surface area contributed by atoms with E-state index in [1.54, 1.807) is 23.1 Å². The highest BCUT2D eigenvalue weighted by molar-refractivity contribution is 9.10. The number of carbonyl (C=O) groups excluding carboxylic acids is 3. The van der Waals surface area contributed by atoms with Gasteiger partial charge in [0.15, 0.2) is 5.78 Å². The Morgan fingerprint density at radius 1 is 1.14 bits per heavy atom. The Kier molecular flexibility index (Phi) is 5.47. The van der Waals surface area contributed by atoms with E-state index in [0.29, 0.717) is 39.9 Å². The molecule has 2 heterocycles. The predicted octanol–water partition coefficient (Wildman–Crippen LogP) is 3.58. The van der Waals surface area contributed by atoms with Crippen LogP contribution in [0.2, 0.25) is 0 Å². The monoisotopic (exact) mass is 536 g/mol. The lowest BCUT2D eigenvalue weighted by Gasteiger charge is -2.44. The number of allylic oxidation sites excluding steroid dienone is 1. The van der Waals surface area contributed by atoms with Crippen LogP contribution in [-0.2, 0) is 24.5 Å². The average molecular weight is 537 g/mol. The topological polar surface area (TPSA) is 105 Å². The number of anilines is 3. The highest BCUT2D eigenvalue weighted by Gasteiger charge is 2.62. The number of nitrogens with two attached hydrogens (primary N) is 1. The summed E-state index contributed by atoms with van der Waals surface area (Å²) in [5.41, 5.74) is 8.63. The van der Waals surface area contributed by atoms with Crippen molar-refractivity contribution >= 4 is 50.7 Å². The number of fused-ring (bicyclic) bond motifs is 3. The number of nitrogens with one attached hydrogen (secondary N) is 1. The number of methoxy groups -OCH3 is 1. The van der Waals surface area contributed by atoms with Gasteiger partial charge in [-0.05, 0) is 55.3 Å². The van der Waals surface area contributed by atoms with E-state index in [1.807, 2.05) is 43.3 Å². The van der Waals surface area contributed by atoms with E-state index < -0.39 is 17.3 Å². The molecule has 1 unspecified atom stereocenters. The third-order valence-corrected chi connectivity index (χ3v) is 7.38. The van der Waals surface area contributed by atoms with Crippen LogP contribution in [0.1, 0.15) is 24.8 Å². The Hall–Kier alpha value is -3.59. The Balaban J connectivity index is 1.86. The van der Waals surface area contributed by atoms with Gasteiger partial charge in [-0.25, -0.2) is 4.79 Å². The average Bonchev–Trinajstić information content (AvgIpc) is 3.10. The van der Waals surface area contributed by atoms with Crippen LogP contribution >= 0.6 is 15.9 Å². The van der Waals surface area contributed by atoms with E-state index >= 15 is 0 Å². The molecule has 180 valence electrons. The Bertz CT molecular complexity index is 1350. The van der Waals surface area contributed by atoms with E-state index in [4.69, 9.17) is 10.5 Å². The van der Waals surface area contributed by atoms with E-state index in [-0.39, 0.29) is 29.2 Å². The number of rotatable bonds is 3. The van der Waals surface area contributed by atoms with E-state index in [9.17, 15) is 14.4 Å². The van der Waals surface area contributed by atoms with Gasteiger partial charge in [-0.3, -0.25) is 14.5 Å². The number of ether oxygens (including phenoxy) is 1. The van der Waals surface area contributed by atoms with Gasteiger partial charge in [0.05, 0.1) is 7.11 Å². The number of nitrogens with zero attached hydrogens (tertiary/aromatic N) is 2. The fourth-order valence-corrected chi connectivity index (χ4v) is 5.74. The van der Waals surface area contributed by atoms with Crippen molar-refractivity contribution in [3.63, 3.8) is 0 Å². The normalized spacial score (nSPS) is 21.2. The summed E-state index contributed by atoms with van der Waals surface area (Å²) in [5, 5.41) is 2.88. The number of hydrogen-bond acceptors (Lipinski definition) is 7. The maximum Gasteiger partial charge on any atom is 0.339 e. The second-order valence-corrected chi connectivity index (χ2v) is 9.91. The zero-order valence-electron chi connectivity index (χ0n) is 19.6. The van der Waals surface area contributed by atoms with Gasteiger partial charge in [0.2, 0.25) is 5.91 Å². The van der Waals surface area contributed by atoms with Crippen LogP contribution in [0.15, 0.2) is 69.6 Å². The minimum Gasteiger partial charge on any atom is -0.466 e. The lowest BCUT2D eigenvalue weighted by molar-refractivity contribution is -0.138. The summed E-state index contributed by atoms with van der Waals surface area (Å²) in [4.78, 5) is 44.5. The summed E-state index contributed by atoms with van der Waals surface area (Å²) < 4.78 is 5.86. The van der Waals surface area contributed by atoms with Gasteiger partial charge in [0.25, 0.3) is 0 Å². The molecule has 8 nitrogen and oxygen atoms in total. The summed E-state index contributed by atoms with van der Waals surface area (Å²) >= 11 is 3.48. The minimum absolute atomic E-state index is 0.0555. The summed E-state index contributed by atoms with van der Waals surface area (Å²) in [6, 6.07) is 12.9. The SMILES string of the molecule is COC(=O)C1=C(N)N(c2ccc(N(C)C)cc2)C2=C(C(=O)CCC2)C12C(=O)Nc1ccc(Br)cc12. The van der Waals surface area contributed by atoms with Gasteiger partial charge >= 0.3 is 5.97 Å². The number of carbonyl (C=O) groups is 3. The van der Waals surface area contributed by atoms with Crippen LogP contribution < -0.4 is 20.9 Å². The first-order valence-electron chi connectivity index (χ1n) is 11.3. The van der Waals surface area contributed by atoms with E-state index in [0.717, 1.165) is 5.69 Å².